The Hall–Kier alpha value is -3.09. The van der Waals surface area contributed by atoms with Crippen molar-refractivity contribution in [1.82, 2.24) is 10.3 Å². The van der Waals surface area contributed by atoms with E-state index >= 15 is 0 Å². The lowest BCUT2D eigenvalue weighted by Gasteiger charge is -2.21. The number of anilines is 1. The van der Waals surface area contributed by atoms with Crippen LogP contribution in [-0.2, 0) is 4.79 Å². The van der Waals surface area contributed by atoms with Crippen molar-refractivity contribution in [3.8, 4) is 11.5 Å². The Kier molecular flexibility index (Phi) is 5.94. The molecule has 7 nitrogen and oxygen atoms in total. The van der Waals surface area contributed by atoms with E-state index in [0.29, 0.717) is 11.3 Å². The van der Waals surface area contributed by atoms with Crippen molar-refractivity contribution in [3.05, 3.63) is 48.2 Å². The van der Waals surface area contributed by atoms with Gasteiger partial charge in [-0.15, -0.1) is 0 Å². The fraction of sp³-hybridized carbons (Fsp3) is 0.278. The lowest BCUT2D eigenvalue weighted by molar-refractivity contribution is -0.120. The molecule has 0 saturated carbocycles. The van der Waals surface area contributed by atoms with Crippen LogP contribution >= 0.6 is 0 Å². The van der Waals surface area contributed by atoms with Gasteiger partial charge in [0.2, 0.25) is 5.91 Å². The summed E-state index contributed by atoms with van der Waals surface area (Å²) in [5.41, 5.74) is 0.446. The molecule has 2 amide bonds. The molecule has 0 unspecified atom stereocenters. The molecule has 0 saturated heterocycles. The third-order valence-electron chi connectivity index (χ3n) is 3.88. The Morgan fingerprint density at radius 2 is 1.96 bits per heavy atom. The number of hydrogen-bond donors (Lipinski definition) is 3. The summed E-state index contributed by atoms with van der Waals surface area (Å²) in [7, 11) is 1.53. The first-order chi connectivity index (χ1) is 11.9. The molecule has 1 aromatic carbocycles. The van der Waals surface area contributed by atoms with Crippen molar-refractivity contribution in [1.29, 1.82) is 0 Å². The lowest BCUT2D eigenvalue weighted by atomic mass is 10.0. The van der Waals surface area contributed by atoms with E-state index in [0.717, 1.165) is 0 Å². The second kappa shape index (κ2) is 8.14. The summed E-state index contributed by atoms with van der Waals surface area (Å²) >= 11 is 0. The van der Waals surface area contributed by atoms with Gasteiger partial charge in [-0.05, 0) is 37.3 Å². The molecule has 0 bridgehead atoms. The lowest BCUT2D eigenvalue weighted by Crippen LogP contribution is -2.42. The predicted octanol–water partition coefficient (Wildman–Crippen LogP) is 2.19. The van der Waals surface area contributed by atoms with E-state index in [1.54, 1.807) is 44.2 Å². The summed E-state index contributed by atoms with van der Waals surface area (Å²) in [6.45, 7) is 3.42. The van der Waals surface area contributed by atoms with Crippen LogP contribution in [0, 0.1) is 5.92 Å². The Labute approximate surface area is 146 Å². The fourth-order valence-corrected chi connectivity index (χ4v) is 2.13. The van der Waals surface area contributed by atoms with Crippen molar-refractivity contribution in [2.75, 3.05) is 12.4 Å². The third kappa shape index (κ3) is 4.69. The molecule has 25 heavy (non-hydrogen) atoms. The highest BCUT2D eigenvalue weighted by atomic mass is 16.5. The van der Waals surface area contributed by atoms with Gasteiger partial charge in [0.15, 0.2) is 11.6 Å². The van der Waals surface area contributed by atoms with E-state index in [2.05, 4.69) is 15.6 Å². The van der Waals surface area contributed by atoms with Gasteiger partial charge in [0.05, 0.1) is 13.0 Å². The maximum atomic E-state index is 12.3. The number of benzene rings is 1. The van der Waals surface area contributed by atoms with Crippen LogP contribution in [0.2, 0.25) is 0 Å². The maximum Gasteiger partial charge on any atom is 0.251 e. The molecule has 0 aliphatic rings. The van der Waals surface area contributed by atoms with E-state index in [4.69, 9.17) is 4.74 Å². The summed E-state index contributed by atoms with van der Waals surface area (Å²) < 4.78 is 5.10. The maximum absolute atomic E-state index is 12.3. The van der Waals surface area contributed by atoms with Crippen LogP contribution in [0.3, 0.4) is 0 Å². The molecule has 0 spiro atoms. The van der Waals surface area contributed by atoms with Gasteiger partial charge in [0.25, 0.3) is 5.91 Å². The van der Waals surface area contributed by atoms with Gasteiger partial charge in [-0.25, -0.2) is 4.98 Å². The van der Waals surface area contributed by atoms with E-state index in [9.17, 15) is 14.7 Å². The van der Waals surface area contributed by atoms with Crippen LogP contribution < -0.4 is 15.4 Å². The van der Waals surface area contributed by atoms with Gasteiger partial charge >= 0.3 is 0 Å². The Morgan fingerprint density at radius 3 is 2.64 bits per heavy atom. The molecule has 3 N–H and O–H groups in total. The average molecular weight is 343 g/mol. The van der Waals surface area contributed by atoms with E-state index in [1.807, 2.05) is 0 Å². The molecule has 2 rings (SSSR count). The number of rotatable bonds is 6. The SMILES string of the molecule is COc1cccc(C(=O)N[C@H](C)[C@@H](C)C(=O)Nc2ncccc2O)c1. The van der Waals surface area contributed by atoms with Gasteiger partial charge in [0.1, 0.15) is 5.75 Å². The molecule has 0 radical (unpaired) electrons. The summed E-state index contributed by atoms with van der Waals surface area (Å²) in [5.74, 6) is -0.631. The number of carbonyl (C=O) groups excluding carboxylic acids is 2. The summed E-state index contributed by atoms with van der Waals surface area (Å²) in [5, 5.41) is 15.0. The van der Waals surface area contributed by atoms with Crippen molar-refractivity contribution >= 4 is 17.6 Å². The Balaban J connectivity index is 1.99. The van der Waals surface area contributed by atoms with Crippen molar-refractivity contribution in [3.63, 3.8) is 0 Å². The Bertz CT molecular complexity index is 763. The number of aromatic hydroxyl groups is 1. The van der Waals surface area contributed by atoms with E-state index in [-0.39, 0.29) is 23.4 Å². The van der Waals surface area contributed by atoms with Crippen LogP contribution in [-0.4, -0.2) is 35.1 Å². The molecule has 2 atom stereocenters. The zero-order chi connectivity index (χ0) is 18.4. The van der Waals surface area contributed by atoms with Crippen LogP contribution in [0.15, 0.2) is 42.6 Å². The number of methoxy groups -OCH3 is 1. The molecule has 0 aliphatic carbocycles. The van der Waals surface area contributed by atoms with Gasteiger partial charge in [-0.2, -0.15) is 0 Å². The smallest absolute Gasteiger partial charge is 0.251 e. The van der Waals surface area contributed by atoms with Gasteiger partial charge < -0.3 is 20.5 Å². The first-order valence-corrected chi connectivity index (χ1v) is 7.82. The number of ether oxygens (including phenoxy) is 1. The summed E-state index contributed by atoms with van der Waals surface area (Å²) in [6.07, 6.45) is 1.47. The van der Waals surface area contributed by atoms with Crippen molar-refractivity contribution in [2.45, 2.75) is 19.9 Å². The minimum absolute atomic E-state index is 0.0886. The largest absolute Gasteiger partial charge is 0.504 e. The highest BCUT2D eigenvalue weighted by Gasteiger charge is 2.23. The second-order valence-corrected chi connectivity index (χ2v) is 5.64. The normalized spacial score (nSPS) is 12.8. The topological polar surface area (TPSA) is 101 Å². The van der Waals surface area contributed by atoms with Crippen LogP contribution in [0.25, 0.3) is 0 Å². The first-order valence-electron chi connectivity index (χ1n) is 7.82. The highest BCUT2D eigenvalue weighted by Crippen LogP contribution is 2.19. The van der Waals surface area contributed by atoms with Crippen LogP contribution in [0.4, 0.5) is 5.82 Å². The number of hydrogen-bond acceptors (Lipinski definition) is 5. The minimum atomic E-state index is -0.532. The highest BCUT2D eigenvalue weighted by molar-refractivity contribution is 5.96. The van der Waals surface area contributed by atoms with Crippen LogP contribution in [0.5, 0.6) is 11.5 Å². The molecule has 0 aliphatic heterocycles. The summed E-state index contributed by atoms with van der Waals surface area (Å²) in [6, 6.07) is 9.32. The molecular weight excluding hydrogens is 322 g/mol. The molecule has 2 aromatic rings. The van der Waals surface area contributed by atoms with Crippen LogP contribution in [0.1, 0.15) is 24.2 Å². The van der Waals surface area contributed by atoms with E-state index < -0.39 is 12.0 Å². The zero-order valence-electron chi connectivity index (χ0n) is 14.3. The quantitative estimate of drug-likeness (QED) is 0.746. The number of carbonyl (C=O) groups is 2. The minimum Gasteiger partial charge on any atom is -0.504 e. The molecule has 7 heteroatoms. The van der Waals surface area contributed by atoms with Crippen molar-refractivity contribution < 1.29 is 19.4 Å². The second-order valence-electron chi connectivity index (χ2n) is 5.64. The molecule has 1 aromatic heterocycles. The monoisotopic (exact) mass is 343 g/mol. The molecular formula is C18H21N3O4. The predicted molar refractivity (Wildman–Crippen MR) is 93.6 cm³/mol. The zero-order valence-corrected chi connectivity index (χ0v) is 14.3. The Morgan fingerprint density at radius 1 is 1.20 bits per heavy atom. The molecule has 132 valence electrons. The number of aromatic nitrogens is 1. The standard InChI is InChI=1S/C18H21N3O4/c1-11(17(23)21-16-15(22)8-5-9-19-16)12(2)20-18(24)13-6-4-7-14(10-13)25-3/h4-12,22H,1-3H3,(H,20,24)(H,19,21,23)/t11-,12-/m1/s1. The van der Waals surface area contributed by atoms with Gasteiger partial charge in [0, 0.05) is 17.8 Å². The van der Waals surface area contributed by atoms with Gasteiger partial charge in [-0.1, -0.05) is 13.0 Å². The number of pyridine rings is 1. The third-order valence-corrected chi connectivity index (χ3v) is 3.88. The van der Waals surface area contributed by atoms with Crippen molar-refractivity contribution in [2.24, 2.45) is 5.92 Å². The average Bonchev–Trinajstić information content (AvgIpc) is 2.62. The number of amides is 2. The summed E-state index contributed by atoms with van der Waals surface area (Å²) in [4.78, 5) is 28.5. The van der Waals surface area contributed by atoms with Gasteiger partial charge in [-0.3, -0.25) is 9.59 Å². The van der Waals surface area contributed by atoms with E-state index in [1.165, 1.54) is 19.4 Å². The molecule has 0 fully saturated rings. The molecule has 1 heterocycles. The fourth-order valence-electron chi connectivity index (χ4n) is 2.13. The number of nitrogens with one attached hydrogen (secondary N) is 2. The number of nitrogens with zero attached hydrogens (tertiary/aromatic N) is 1. The first kappa shape index (κ1) is 18.3.